The SMILES string of the molecule is C/C(=C\C(=N)c1c(F)c(C)c(F)c(F)c1F)c1cc(/C=C/c2ccc(-c3ccc(C)s3)s2)c2ccccc2n1. The standard InChI is InChI=1S/C31H22F4N2S2/c1-16(14-22(36)27-28(32)18(3)29(33)31(35)30(27)34)24-15-19(21-6-4-5-7-23(21)37-24)9-10-20-11-13-26(39-20)25-12-8-17(2)38-25/h4-15,36H,1-3H3/b10-9+,16-14+,36-22?. The van der Waals surface area contributed by atoms with E-state index >= 15 is 0 Å². The molecule has 5 rings (SSSR count). The average molecular weight is 563 g/mol. The molecule has 8 heteroatoms. The van der Waals surface area contributed by atoms with Crippen LogP contribution < -0.4 is 0 Å². The van der Waals surface area contributed by atoms with E-state index in [1.54, 1.807) is 29.6 Å². The first-order valence-electron chi connectivity index (χ1n) is 12.0. The van der Waals surface area contributed by atoms with Gasteiger partial charge in [-0.2, -0.15) is 0 Å². The molecule has 3 heterocycles. The molecule has 0 aliphatic rings. The first-order valence-corrected chi connectivity index (χ1v) is 13.6. The number of hydrogen-bond acceptors (Lipinski definition) is 4. The Bertz CT molecular complexity index is 1780. The highest BCUT2D eigenvalue weighted by molar-refractivity contribution is 7.22. The molecular formula is C31H22F4N2S2. The van der Waals surface area contributed by atoms with E-state index in [0.717, 1.165) is 22.8 Å². The van der Waals surface area contributed by atoms with E-state index in [1.807, 2.05) is 42.5 Å². The maximum atomic E-state index is 14.6. The van der Waals surface area contributed by atoms with E-state index in [2.05, 4.69) is 36.2 Å². The summed E-state index contributed by atoms with van der Waals surface area (Å²) in [7, 11) is 0. The number of benzene rings is 2. The Morgan fingerprint density at radius 2 is 1.54 bits per heavy atom. The lowest BCUT2D eigenvalue weighted by Gasteiger charge is -2.11. The fourth-order valence-electron chi connectivity index (χ4n) is 4.21. The highest BCUT2D eigenvalue weighted by atomic mass is 32.1. The monoisotopic (exact) mass is 562 g/mol. The van der Waals surface area contributed by atoms with Crippen molar-refractivity contribution in [3.8, 4) is 9.75 Å². The second-order valence-electron chi connectivity index (χ2n) is 9.06. The van der Waals surface area contributed by atoms with Gasteiger partial charge in [-0.15, -0.1) is 22.7 Å². The molecule has 0 fully saturated rings. The number of nitrogens with one attached hydrogen (secondary N) is 1. The minimum absolute atomic E-state index is 0.438. The molecule has 0 atom stereocenters. The molecule has 1 N–H and O–H groups in total. The van der Waals surface area contributed by atoms with E-state index in [4.69, 9.17) is 5.41 Å². The number of halogens is 4. The van der Waals surface area contributed by atoms with Gasteiger partial charge in [-0.1, -0.05) is 24.3 Å². The summed E-state index contributed by atoms with van der Waals surface area (Å²) >= 11 is 3.44. The minimum Gasteiger partial charge on any atom is -0.300 e. The maximum Gasteiger partial charge on any atom is 0.195 e. The highest BCUT2D eigenvalue weighted by Crippen LogP contribution is 2.34. The van der Waals surface area contributed by atoms with E-state index < -0.39 is 40.1 Å². The summed E-state index contributed by atoms with van der Waals surface area (Å²) in [6, 6.07) is 17.8. The fraction of sp³-hybridized carbons (Fsp3) is 0.0968. The minimum atomic E-state index is -1.80. The average Bonchev–Trinajstić information content (AvgIpc) is 3.58. The number of fused-ring (bicyclic) bond motifs is 1. The molecule has 2 nitrogen and oxygen atoms in total. The van der Waals surface area contributed by atoms with Gasteiger partial charge in [-0.25, -0.2) is 22.5 Å². The number of allylic oxidation sites excluding steroid dienone is 2. The van der Waals surface area contributed by atoms with Crippen molar-refractivity contribution in [3.63, 3.8) is 0 Å². The topological polar surface area (TPSA) is 36.7 Å². The first kappa shape index (κ1) is 26.7. The third-order valence-electron chi connectivity index (χ3n) is 6.30. The number of rotatable bonds is 6. The zero-order valence-corrected chi connectivity index (χ0v) is 22.8. The summed E-state index contributed by atoms with van der Waals surface area (Å²) < 4.78 is 56.7. The van der Waals surface area contributed by atoms with E-state index in [9.17, 15) is 17.6 Å². The molecule has 0 spiro atoms. The number of para-hydroxylation sites is 1. The third kappa shape index (κ3) is 5.22. The molecule has 0 aliphatic heterocycles. The van der Waals surface area contributed by atoms with Crippen LogP contribution in [0.15, 0.2) is 60.7 Å². The molecule has 0 radical (unpaired) electrons. The lowest BCUT2D eigenvalue weighted by atomic mass is 10.00. The Kier molecular flexibility index (Phi) is 7.34. The van der Waals surface area contributed by atoms with Crippen LogP contribution in [0.1, 0.15) is 39.1 Å². The van der Waals surface area contributed by atoms with Crippen LogP contribution in [0.4, 0.5) is 17.6 Å². The zero-order valence-electron chi connectivity index (χ0n) is 21.2. The second kappa shape index (κ2) is 10.7. The summed E-state index contributed by atoms with van der Waals surface area (Å²) in [6.45, 7) is 4.73. The first-order chi connectivity index (χ1) is 18.6. The van der Waals surface area contributed by atoms with Crippen molar-refractivity contribution in [2.75, 3.05) is 0 Å². The number of pyridine rings is 1. The predicted molar refractivity (Wildman–Crippen MR) is 155 cm³/mol. The van der Waals surface area contributed by atoms with Crippen molar-refractivity contribution < 1.29 is 17.6 Å². The number of hydrogen-bond donors (Lipinski definition) is 1. The number of thiophene rings is 2. The Labute approximate surface area is 231 Å². The van der Waals surface area contributed by atoms with Crippen LogP contribution in [-0.4, -0.2) is 10.7 Å². The largest absolute Gasteiger partial charge is 0.300 e. The van der Waals surface area contributed by atoms with Crippen molar-refractivity contribution in [2.24, 2.45) is 0 Å². The Balaban J connectivity index is 1.51. The molecule has 5 aromatic rings. The van der Waals surface area contributed by atoms with Gasteiger partial charge in [0.2, 0.25) is 0 Å². The predicted octanol–water partition coefficient (Wildman–Crippen LogP) is 9.84. The van der Waals surface area contributed by atoms with Crippen molar-refractivity contribution in [2.45, 2.75) is 20.8 Å². The smallest absolute Gasteiger partial charge is 0.195 e. The second-order valence-corrected chi connectivity index (χ2v) is 11.5. The molecule has 3 aromatic heterocycles. The summed E-state index contributed by atoms with van der Waals surface area (Å²) in [5.41, 5.74) is 0.287. The Morgan fingerprint density at radius 3 is 2.28 bits per heavy atom. The van der Waals surface area contributed by atoms with Crippen LogP contribution in [0.5, 0.6) is 0 Å². The van der Waals surface area contributed by atoms with Gasteiger partial charge in [-0.3, -0.25) is 0 Å². The van der Waals surface area contributed by atoms with Gasteiger partial charge in [0.25, 0.3) is 0 Å². The molecule has 0 aliphatic carbocycles. The van der Waals surface area contributed by atoms with Gasteiger partial charge in [0.05, 0.1) is 22.5 Å². The van der Waals surface area contributed by atoms with E-state index in [1.165, 1.54) is 20.7 Å². The van der Waals surface area contributed by atoms with Crippen molar-refractivity contribution >= 4 is 57.0 Å². The van der Waals surface area contributed by atoms with Gasteiger partial charge in [-0.05, 0) is 80.5 Å². The van der Waals surface area contributed by atoms with Crippen LogP contribution >= 0.6 is 22.7 Å². The van der Waals surface area contributed by atoms with Gasteiger partial charge in [0, 0.05) is 30.5 Å². The van der Waals surface area contributed by atoms with Crippen LogP contribution in [-0.2, 0) is 0 Å². The van der Waals surface area contributed by atoms with Crippen LogP contribution in [0, 0.1) is 42.5 Å². The molecule has 196 valence electrons. The van der Waals surface area contributed by atoms with Crippen LogP contribution in [0.2, 0.25) is 0 Å². The fourth-order valence-corrected chi connectivity index (χ4v) is 6.07. The van der Waals surface area contributed by atoms with E-state index in [-0.39, 0.29) is 0 Å². The highest BCUT2D eigenvalue weighted by Gasteiger charge is 2.25. The van der Waals surface area contributed by atoms with E-state index in [0.29, 0.717) is 16.8 Å². The lowest BCUT2D eigenvalue weighted by molar-refractivity contribution is 0.427. The summed E-state index contributed by atoms with van der Waals surface area (Å²) in [5.74, 6) is -6.43. The summed E-state index contributed by atoms with van der Waals surface area (Å²) in [4.78, 5) is 9.41. The van der Waals surface area contributed by atoms with Crippen molar-refractivity contribution in [3.05, 3.63) is 116 Å². The molecular weight excluding hydrogens is 540 g/mol. The quantitative estimate of drug-likeness (QED) is 0.0951. The molecule has 0 saturated heterocycles. The number of aromatic nitrogens is 1. The van der Waals surface area contributed by atoms with Crippen LogP contribution in [0.25, 0.3) is 38.4 Å². The molecule has 0 unspecified atom stereocenters. The van der Waals surface area contributed by atoms with Crippen molar-refractivity contribution in [1.82, 2.24) is 4.98 Å². The number of aryl methyl sites for hydroxylation is 1. The molecule has 0 saturated carbocycles. The Hall–Kier alpha value is -3.88. The van der Waals surface area contributed by atoms with Gasteiger partial charge in [0.15, 0.2) is 17.5 Å². The molecule has 2 aromatic carbocycles. The molecule has 0 amide bonds. The van der Waals surface area contributed by atoms with Gasteiger partial charge < -0.3 is 5.41 Å². The normalized spacial score (nSPS) is 12.1. The van der Waals surface area contributed by atoms with Crippen LogP contribution in [0.3, 0.4) is 0 Å². The maximum absolute atomic E-state index is 14.6. The van der Waals surface area contributed by atoms with Gasteiger partial charge >= 0.3 is 0 Å². The summed E-state index contributed by atoms with van der Waals surface area (Å²) in [6.07, 6.45) is 5.22. The number of nitrogens with zero attached hydrogens (tertiary/aromatic N) is 1. The molecule has 39 heavy (non-hydrogen) atoms. The lowest BCUT2D eigenvalue weighted by Crippen LogP contribution is -2.11. The van der Waals surface area contributed by atoms with Gasteiger partial charge in [0.1, 0.15) is 5.82 Å². The molecule has 0 bridgehead atoms. The van der Waals surface area contributed by atoms with Crippen molar-refractivity contribution in [1.29, 1.82) is 5.41 Å². The third-order valence-corrected chi connectivity index (χ3v) is 8.55. The zero-order chi connectivity index (χ0) is 27.8. The Morgan fingerprint density at radius 1 is 0.821 bits per heavy atom. The summed E-state index contributed by atoms with van der Waals surface area (Å²) in [5, 5.41) is 9.17.